The minimum atomic E-state index is -4.07. The Morgan fingerprint density at radius 2 is 2.07 bits per heavy atom. The summed E-state index contributed by atoms with van der Waals surface area (Å²) in [5, 5.41) is 8.07. The van der Waals surface area contributed by atoms with Crippen LogP contribution in [0, 0.1) is 5.92 Å². The molecule has 1 fully saturated rings. The number of halogens is 2. The molecule has 1 rings (SSSR count). The molecular formula is C8H12F2O4. The number of hydrogen-bond donors (Lipinski definition) is 1. The zero-order valence-electron chi connectivity index (χ0n) is 7.54. The third-order valence-corrected chi connectivity index (χ3v) is 2.09. The first-order chi connectivity index (χ1) is 6.52. The normalized spacial score (nSPS) is 19.6. The number of alkyl halides is 2. The summed E-state index contributed by atoms with van der Waals surface area (Å²) in [6, 6.07) is 0. The molecule has 0 aromatic heterocycles. The molecular weight excluding hydrogens is 198 g/mol. The molecule has 0 radical (unpaired) electrons. The van der Waals surface area contributed by atoms with Gasteiger partial charge in [-0.3, -0.25) is 0 Å². The Morgan fingerprint density at radius 3 is 2.57 bits per heavy atom. The lowest BCUT2D eigenvalue weighted by atomic mass is 10.0. The highest BCUT2D eigenvalue weighted by atomic mass is 19.3. The van der Waals surface area contributed by atoms with Gasteiger partial charge in [-0.25, -0.2) is 4.79 Å². The number of rotatable bonds is 4. The van der Waals surface area contributed by atoms with Gasteiger partial charge in [0.05, 0.1) is 6.61 Å². The largest absolute Gasteiger partial charge is 0.475 e. The van der Waals surface area contributed by atoms with E-state index < -0.39 is 12.1 Å². The van der Waals surface area contributed by atoms with Crippen molar-refractivity contribution in [3.8, 4) is 0 Å². The average molecular weight is 210 g/mol. The molecule has 0 aromatic carbocycles. The molecule has 0 saturated carbocycles. The van der Waals surface area contributed by atoms with Crippen molar-refractivity contribution in [3.05, 3.63) is 0 Å². The number of carboxylic acid groups (broad SMARTS) is 1. The highest BCUT2D eigenvalue weighted by molar-refractivity contribution is 5.73. The van der Waals surface area contributed by atoms with Crippen molar-refractivity contribution in [2.24, 2.45) is 5.92 Å². The number of hydrogen-bond acceptors (Lipinski definition) is 3. The second-order valence-electron chi connectivity index (χ2n) is 3.19. The fourth-order valence-corrected chi connectivity index (χ4v) is 1.20. The number of aliphatic carboxylic acids is 1. The van der Waals surface area contributed by atoms with Crippen LogP contribution in [0.1, 0.15) is 12.8 Å². The smallest absolute Gasteiger partial charge is 0.455 e. The van der Waals surface area contributed by atoms with Crippen molar-refractivity contribution in [2.75, 3.05) is 19.8 Å². The molecule has 1 heterocycles. The third kappa shape index (κ3) is 3.19. The Morgan fingerprint density at radius 1 is 1.50 bits per heavy atom. The van der Waals surface area contributed by atoms with Crippen LogP contribution >= 0.6 is 0 Å². The van der Waals surface area contributed by atoms with Gasteiger partial charge >= 0.3 is 12.1 Å². The Bertz CT molecular complexity index is 202. The Balaban J connectivity index is 2.28. The van der Waals surface area contributed by atoms with E-state index in [-0.39, 0.29) is 12.5 Å². The lowest BCUT2D eigenvalue weighted by molar-refractivity contribution is -0.250. The van der Waals surface area contributed by atoms with Crippen LogP contribution in [0.3, 0.4) is 0 Å². The van der Waals surface area contributed by atoms with Crippen LogP contribution < -0.4 is 0 Å². The Hall–Kier alpha value is -0.750. The lowest BCUT2D eigenvalue weighted by Gasteiger charge is -2.23. The SMILES string of the molecule is O=C(O)C(F)(F)OCC1CCOCC1. The summed E-state index contributed by atoms with van der Waals surface area (Å²) in [5.41, 5.74) is 0. The van der Waals surface area contributed by atoms with Gasteiger partial charge in [0.25, 0.3) is 0 Å². The minimum absolute atomic E-state index is 0.0334. The molecule has 14 heavy (non-hydrogen) atoms. The zero-order valence-corrected chi connectivity index (χ0v) is 7.54. The predicted molar refractivity (Wildman–Crippen MR) is 42.1 cm³/mol. The maximum Gasteiger partial charge on any atom is 0.455 e. The maximum atomic E-state index is 12.4. The highest BCUT2D eigenvalue weighted by Gasteiger charge is 2.41. The molecule has 0 aromatic rings. The second-order valence-corrected chi connectivity index (χ2v) is 3.19. The molecule has 0 amide bonds. The number of carboxylic acids is 1. The fourth-order valence-electron chi connectivity index (χ4n) is 1.20. The van der Waals surface area contributed by atoms with Gasteiger partial charge < -0.3 is 14.6 Å². The number of ether oxygens (including phenoxy) is 2. The molecule has 1 aliphatic heterocycles. The van der Waals surface area contributed by atoms with Crippen molar-refractivity contribution in [1.29, 1.82) is 0 Å². The molecule has 0 aliphatic carbocycles. The monoisotopic (exact) mass is 210 g/mol. The van der Waals surface area contributed by atoms with Crippen LogP contribution in [0.2, 0.25) is 0 Å². The minimum Gasteiger partial charge on any atom is -0.475 e. The van der Waals surface area contributed by atoms with Gasteiger partial charge in [-0.2, -0.15) is 8.78 Å². The quantitative estimate of drug-likeness (QED) is 0.755. The topological polar surface area (TPSA) is 55.8 Å². The summed E-state index contributed by atoms with van der Waals surface area (Å²) in [6.45, 7) is 0.808. The molecule has 0 unspecified atom stereocenters. The van der Waals surface area contributed by atoms with Crippen LogP contribution in [0.4, 0.5) is 8.78 Å². The first-order valence-corrected chi connectivity index (χ1v) is 4.35. The van der Waals surface area contributed by atoms with Gasteiger partial charge in [-0.05, 0) is 18.8 Å². The zero-order chi connectivity index (χ0) is 10.6. The Labute approximate surface area is 79.8 Å². The summed E-state index contributed by atoms with van der Waals surface area (Å²) < 4.78 is 34.0. The van der Waals surface area contributed by atoms with Crippen molar-refractivity contribution < 1.29 is 28.2 Å². The highest BCUT2D eigenvalue weighted by Crippen LogP contribution is 2.21. The molecule has 0 bridgehead atoms. The van der Waals surface area contributed by atoms with E-state index in [9.17, 15) is 13.6 Å². The van der Waals surface area contributed by atoms with Crippen LogP contribution in [0.15, 0.2) is 0 Å². The first-order valence-electron chi connectivity index (χ1n) is 4.35. The molecule has 4 nitrogen and oxygen atoms in total. The van der Waals surface area contributed by atoms with Gasteiger partial charge in [0.1, 0.15) is 0 Å². The van der Waals surface area contributed by atoms with Crippen molar-refractivity contribution in [2.45, 2.75) is 19.0 Å². The van der Waals surface area contributed by atoms with E-state index in [1.165, 1.54) is 0 Å². The van der Waals surface area contributed by atoms with E-state index in [2.05, 4.69) is 4.74 Å². The number of carbonyl (C=O) groups is 1. The molecule has 1 saturated heterocycles. The van der Waals surface area contributed by atoms with Crippen molar-refractivity contribution in [1.82, 2.24) is 0 Å². The standard InChI is InChI=1S/C8H12F2O4/c9-8(10,7(11)12)14-5-6-1-3-13-4-2-6/h6H,1-5H2,(H,11,12). The van der Waals surface area contributed by atoms with Gasteiger partial charge in [0.15, 0.2) is 0 Å². The summed E-state index contributed by atoms with van der Waals surface area (Å²) in [6.07, 6.45) is -2.80. The van der Waals surface area contributed by atoms with E-state index in [4.69, 9.17) is 9.84 Å². The van der Waals surface area contributed by atoms with Crippen LogP contribution in [-0.4, -0.2) is 37.0 Å². The van der Waals surface area contributed by atoms with E-state index in [1.54, 1.807) is 0 Å². The van der Waals surface area contributed by atoms with E-state index in [1.807, 2.05) is 0 Å². The van der Waals surface area contributed by atoms with Crippen molar-refractivity contribution in [3.63, 3.8) is 0 Å². The third-order valence-electron chi connectivity index (χ3n) is 2.09. The van der Waals surface area contributed by atoms with Gasteiger partial charge in [-0.15, -0.1) is 0 Å². The maximum absolute atomic E-state index is 12.4. The predicted octanol–water partition coefficient (Wildman–Crippen LogP) is 1.11. The first kappa shape index (κ1) is 11.3. The molecule has 1 N–H and O–H groups in total. The summed E-state index contributed by atoms with van der Waals surface area (Å²) in [5.74, 6) is -2.28. The summed E-state index contributed by atoms with van der Waals surface area (Å²) in [7, 11) is 0. The van der Waals surface area contributed by atoms with Crippen molar-refractivity contribution >= 4 is 5.97 Å². The lowest BCUT2D eigenvalue weighted by Crippen LogP contribution is -2.34. The summed E-state index contributed by atoms with van der Waals surface area (Å²) in [4.78, 5) is 9.99. The van der Waals surface area contributed by atoms with Crippen LogP contribution in [-0.2, 0) is 14.3 Å². The molecule has 82 valence electrons. The van der Waals surface area contributed by atoms with Gasteiger partial charge in [0, 0.05) is 13.2 Å². The average Bonchev–Trinajstić information content (AvgIpc) is 2.16. The van der Waals surface area contributed by atoms with E-state index in [0.717, 1.165) is 0 Å². The van der Waals surface area contributed by atoms with Gasteiger partial charge in [0.2, 0.25) is 0 Å². The van der Waals surface area contributed by atoms with Crippen LogP contribution in [0.5, 0.6) is 0 Å². The van der Waals surface area contributed by atoms with Gasteiger partial charge in [-0.1, -0.05) is 0 Å². The Kier molecular flexibility index (Phi) is 3.77. The molecule has 1 aliphatic rings. The van der Waals surface area contributed by atoms with Crippen LogP contribution in [0.25, 0.3) is 0 Å². The van der Waals surface area contributed by atoms with E-state index in [0.29, 0.717) is 26.1 Å². The fraction of sp³-hybridized carbons (Fsp3) is 0.875. The second kappa shape index (κ2) is 4.65. The summed E-state index contributed by atoms with van der Waals surface area (Å²) >= 11 is 0. The molecule has 6 heteroatoms. The van der Waals surface area contributed by atoms with E-state index >= 15 is 0 Å². The molecule has 0 atom stereocenters. The molecule has 0 spiro atoms.